The first-order valence-corrected chi connectivity index (χ1v) is 7.91. The highest BCUT2D eigenvalue weighted by molar-refractivity contribution is 5.73. The van der Waals surface area contributed by atoms with Crippen LogP contribution in [0, 0.1) is 0 Å². The number of rotatable bonds is 7. The largest absolute Gasteiger partial charge is 0.280 e. The maximum absolute atomic E-state index is 4.31. The van der Waals surface area contributed by atoms with Crippen LogP contribution in [-0.4, -0.2) is 26.4 Å². The number of para-hydroxylation sites is 1. The lowest BCUT2D eigenvalue weighted by Gasteiger charge is -2.22. The van der Waals surface area contributed by atoms with E-state index in [2.05, 4.69) is 59.0 Å². The minimum Gasteiger partial charge on any atom is -0.280 e. The van der Waals surface area contributed by atoms with Gasteiger partial charge in [0.05, 0.1) is 12.2 Å². The predicted molar refractivity (Wildman–Crippen MR) is 93.8 cm³/mol. The second kappa shape index (κ2) is 7.20. The summed E-state index contributed by atoms with van der Waals surface area (Å²) in [4.78, 5) is 2.38. The van der Waals surface area contributed by atoms with Crippen molar-refractivity contribution in [3.63, 3.8) is 0 Å². The van der Waals surface area contributed by atoms with Gasteiger partial charge < -0.3 is 0 Å². The van der Waals surface area contributed by atoms with Gasteiger partial charge in [-0.05, 0) is 31.0 Å². The van der Waals surface area contributed by atoms with Crippen LogP contribution in [0.2, 0.25) is 0 Å². The molecule has 2 aromatic carbocycles. The van der Waals surface area contributed by atoms with Crippen LogP contribution in [-0.2, 0) is 13.2 Å². The molecule has 23 heavy (non-hydrogen) atoms. The Morgan fingerprint density at radius 1 is 1.09 bits per heavy atom. The summed E-state index contributed by atoms with van der Waals surface area (Å²) in [6.07, 6.45) is 0.986. The summed E-state index contributed by atoms with van der Waals surface area (Å²) in [6, 6.07) is 18.6. The molecule has 0 radical (unpaired) electrons. The standard InChI is InChI=1S/C19H22N4/c1-16(2)12-13-22(14-17-8-4-3-5-9-17)15-23-19-11-7-6-10-18(19)20-21-23/h3-11H,1,12-15H2,2H3. The highest BCUT2D eigenvalue weighted by atomic mass is 15.5. The number of benzene rings is 2. The quantitative estimate of drug-likeness (QED) is 0.622. The number of hydrogen-bond acceptors (Lipinski definition) is 3. The lowest BCUT2D eigenvalue weighted by molar-refractivity contribution is 0.202. The van der Waals surface area contributed by atoms with Crippen LogP contribution in [0.1, 0.15) is 18.9 Å². The van der Waals surface area contributed by atoms with E-state index in [0.717, 1.165) is 37.2 Å². The molecule has 0 N–H and O–H groups in total. The molecule has 118 valence electrons. The third-order valence-corrected chi connectivity index (χ3v) is 3.86. The lowest BCUT2D eigenvalue weighted by Crippen LogP contribution is -2.28. The molecular formula is C19H22N4. The van der Waals surface area contributed by atoms with Crippen molar-refractivity contribution in [1.29, 1.82) is 0 Å². The Morgan fingerprint density at radius 2 is 1.83 bits per heavy atom. The summed E-state index contributed by atoms with van der Waals surface area (Å²) in [5, 5.41) is 8.55. The molecule has 0 saturated carbocycles. The van der Waals surface area contributed by atoms with Crippen LogP contribution in [0.4, 0.5) is 0 Å². The summed E-state index contributed by atoms with van der Waals surface area (Å²) in [6.45, 7) is 8.67. The van der Waals surface area contributed by atoms with Crippen LogP contribution in [0.5, 0.6) is 0 Å². The van der Waals surface area contributed by atoms with Crippen LogP contribution in [0.15, 0.2) is 66.7 Å². The molecule has 0 amide bonds. The van der Waals surface area contributed by atoms with Crippen molar-refractivity contribution in [1.82, 2.24) is 19.9 Å². The molecular weight excluding hydrogens is 284 g/mol. The zero-order valence-corrected chi connectivity index (χ0v) is 13.5. The van der Waals surface area contributed by atoms with Crippen molar-refractivity contribution < 1.29 is 0 Å². The second-order valence-electron chi connectivity index (χ2n) is 5.96. The van der Waals surface area contributed by atoms with Gasteiger partial charge in [0.15, 0.2) is 0 Å². The van der Waals surface area contributed by atoms with Gasteiger partial charge in [0.1, 0.15) is 5.52 Å². The maximum Gasteiger partial charge on any atom is 0.113 e. The summed E-state index contributed by atoms with van der Waals surface area (Å²) >= 11 is 0. The molecule has 0 spiro atoms. The zero-order chi connectivity index (χ0) is 16.1. The number of fused-ring (bicyclic) bond motifs is 1. The number of hydrogen-bond donors (Lipinski definition) is 0. The minimum atomic E-state index is 0.725. The Morgan fingerprint density at radius 3 is 2.61 bits per heavy atom. The fraction of sp³-hybridized carbons (Fsp3) is 0.263. The Labute approximate surface area is 137 Å². The molecule has 3 rings (SSSR count). The topological polar surface area (TPSA) is 34.0 Å². The summed E-state index contributed by atoms with van der Waals surface area (Å²) in [7, 11) is 0. The first kappa shape index (κ1) is 15.4. The average molecular weight is 306 g/mol. The van der Waals surface area contributed by atoms with Gasteiger partial charge in [-0.3, -0.25) is 4.90 Å². The van der Waals surface area contributed by atoms with Crippen LogP contribution >= 0.6 is 0 Å². The van der Waals surface area contributed by atoms with Crippen LogP contribution in [0.25, 0.3) is 11.0 Å². The fourth-order valence-electron chi connectivity index (χ4n) is 2.60. The molecule has 3 aromatic rings. The van der Waals surface area contributed by atoms with Crippen molar-refractivity contribution in [3.8, 4) is 0 Å². The Hall–Kier alpha value is -2.46. The van der Waals surface area contributed by atoms with E-state index in [9.17, 15) is 0 Å². The Bertz CT molecular complexity index is 776. The fourth-order valence-corrected chi connectivity index (χ4v) is 2.60. The molecule has 0 aliphatic heterocycles. The normalized spacial score (nSPS) is 11.2. The smallest absolute Gasteiger partial charge is 0.113 e. The van der Waals surface area contributed by atoms with Gasteiger partial charge in [0.2, 0.25) is 0 Å². The van der Waals surface area contributed by atoms with Gasteiger partial charge in [-0.25, -0.2) is 4.68 Å². The van der Waals surface area contributed by atoms with Gasteiger partial charge in [-0.1, -0.05) is 53.3 Å². The van der Waals surface area contributed by atoms with Crippen LogP contribution in [0.3, 0.4) is 0 Å². The predicted octanol–water partition coefficient (Wildman–Crippen LogP) is 3.86. The van der Waals surface area contributed by atoms with Crippen molar-refractivity contribution in [3.05, 3.63) is 72.3 Å². The molecule has 1 heterocycles. The van der Waals surface area contributed by atoms with E-state index >= 15 is 0 Å². The zero-order valence-electron chi connectivity index (χ0n) is 13.5. The molecule has 0 atom stereocenters. The molecule has 0 aliphatic rings. The molecule has 0 aliphatic carbocycles. The molecule has 4 heteroatoms. The van der Waals surface area contributed by atoms with Gasteiger partial charge in [0, 0.05) is 13.1 Å². The van der Waals surface area contributed by atoms with E-state index in [1.165, 1.54) is 11.1 Å². The Balaban J connectivity index is 1.78. The first-order chi connectivity index (χ1) is 11.2. The van der Waals surface area contributed by atoms with Gasteiger partial charge >= 0.3 is 0 Å². The molecule has 4 nitrogen and oxygen atoms in total. The van der Waals surface area contributed by atoms with E-state index < -0.39 is 0 Å². The third kappa shape index (κ3) is 4.05. The highest BCUT2D eigenvalue weighted by Crippen LogP contribution is 2.13. The third-order valence-electron chi connectivity index (χ3n) is 3.86. The van der Waals surface area contributed by atoms with Crippen molar-refractivity contribution in [2.75, 3.05) is 6.54 Å². The lowest BCUT2D eigenvalue weighted by atomic mass is 10.2. The van der Waals surface area contributed by atoms with E-state index in [1.54, 1.807) is 0 Å². The average Bonchev–Trinajstić information content (AvgIpc) is 2.97. The summed E-state index contributed by atoms with van der Waals surface area (Å²) in [5.41, 5.74) is 4.51. The van der Waals surface area contributed by atoms with Crippen molar-refractivity contribution >= 4 is 11.0 Å². The molecule has 1 aromatic heterocycles. The van der Waals surface area contributed by atoms with E-state index in [0.29, 0.717) is 0 Å². The van der Waals surface area contributed by atoms with E-state index in [-0.39, 0.29) is 0 Å². The minimum absolute atomic E-state index is 0.725. The first-order valence-electron chi connectivity index (χ1n) is 7.91. The van der Waals surface area contributed by atoms with Gasteiger partial charge in [-0.15, -0.1) is 11.7 Å². The maximum atomic E-state index is 4.31. The SMILES string of the molecule is C=C(C)CCN(Cc1ccccc1)Cn1nnc2ccccc21. The van der Waals surface area contributed by atoms with Crippen molar-refractivity contribution in [2.24, 2.45) is 0 Å². The molecule has 0 fully saturated rings. The van der Waals surface area contributed by atoms with Gasteiger partial charge in [0.25, 0.3) is 0 Å². The van der Waals surface area contributed by atoms with Crippen molar-refractivity contribution in [2.45, 2.75) is 26.6 Å². The van der Waals surface area contributed by atoms with Crippen LogP contribution < -0.4 is 0 Å². The monoisotopic (exact) mass is 306 g/mol. The summed E-state index contributed by atoms with van der Waals surface area (Å²) in [5.74, 6) is 0. The molecule has 0 saturated heterocycles. The van der Waals surface area contributed by atoms with Gasteiger partial charge in [-0.2, -0.15) is 0 Å². The molecule has 0 unspecified atom stereocenters. The Kier molecular flexibility index (Phi) is 4.83. The van der Waals surface area contributed by atoms with E-state index in [1.807, 2.05) is 28.9 Å². The number of nitrogens with zero attached hydrogens (tertiary/aromatic N) is 4. The highest BCUT2D eigenvalue weighted by Gasteiger charge is 2.10. The molecule has 0 bridgehead atoms. The second-order valence-corrected chi connectivity index (χ2v) is 5.96. The number of aromatic nitrogens is 3. The summed E-state index contributed by atoms with van der Waals surface area (Å²) < 4.78 is 1.97. The van der Waals surface area contributed by atoms with E-state index in [4.69, 9.17) is 0 Å².